The van der Waals surface area contributed by atoms with E-state index in [0.29, 0.717) is 19.3 Å². The number of ether oxygens (including phenoxy) is 3. The van der Waals surface area contributed by atoms with Gasteiger partial charge in [-0.1, -0.05) is 351 Å². The molecule has 0 aromatic heterocycles. The SMILES string of the molecule is CC/C=C\C/C=C\C/C=C\C/C=C\C/C=C\CCCCCCCCCCCCCCCCCCCC(=O)OCC(COC(=O)CCCCCCCCCCCCC)OC(=O)CCCCCCCCCCCCCCCCCCCC. The van der Waals surface area contributed by atoms with Crippen LogP contribution < -0.4 is 0 Å². The zero-order valence-electron chi connectivity index (χ0n) is 53.6. The van der Waals surface area contributed by atoms with E-state index in [9.17, 15) is 14.4 Å². The highest BCUT2D eigenvalue weighted by Crippen LogP contribution is 2.18. The van der Waals surface area contributed by atoms with Gasteiger partial charge in [-0.2, -0.15) is 0 Å². The second kappa shape index (κ2) is 68.6. The van der Waals surface area contributed by atoms with Crippen molar-refractivity contribution in [3.63, 3.8) is 0 Å². The Balaban J connectivity index is 4.10. The second-order valence-corrected chi connectivity index (χ2v) is 23.8. The van der Waals surface area contributed by atoms with Crippen LogP contribution in [0.2, 0.25) is 0 Å². The van der Waals surface area contributed by atoms with E-state index in [0.717, 1.165) is 89.9 Å². The number of allylic oxidation sites excluding steroid dienone is 10. The minimum atomic E-state index is -0.768. The highest BCUT2D eigenvalue weighted by molar-refractivity contribution is 5.71. The molecule has 0 saturated carbocycles. The van der Waals surface area contributed by atoms with Crippen molar-refractivity contribution in [3.8, 4) is 0 Å². The first-order valence-electron chi connectivity index (χ1n) is 35.3. The monoisotopic (exact) mass is 1120 g/mol. The summed E-state index contributed by atoms with van der Waals surface area (Å²) in [6.45, 7) is 6.58. The Bertz CT molecular complexity index is 1430. The van der Waals surface area contributed by atoms with Crippen LogP contribution in [0.25, 0.3) is 0 Å². The van der Waals surface area contributed by atoms with E-state index in [4.69, 9.17) is 14.2 Å². The molecular formula is C74H134O6. The number of carbonyl (C=O) groups excluding carboxylic acids is 3. The lowest BCUT2D eigenvalue weighted by atomic mass is 10.0. The number of hydrogen-bond acceptors (Lipinski definition) is 6. The molecule has 0 rings (SSSR count). The predicted octanol–water partition coefficient (Wildman–Crippen LogP) is 24.3. The molecule has 6 heteroatoms. The van der Waals surface area contributed by atoms with Crippen molar-refractivity contribution in [2.45, 2.75) is 380 Å². The lowest BCUT2D eigenvalue weighted by Crippen LogP contribution is -2.30. The van der Waals surface area contributed by atoms with Gasteiger partial charge in [0.1, 0.15) is 13.2 Å². The highest BCUT2D eigenvalue weighted by atomic mass is 16.6. The van der Waals surface area contributed by atoms with E-state index in [2.05, 4.69) is 81.5 Å². The quantitative estimate of drug-likeness (QED) is 0.0261. The van der Waals surface area contributed by atoms with Crippen molar-refractivity contribution in [1.29, 1.82) is 0 Å². The Kier molecular flexibility index (Phi) is 66.1. The lowest BCUT2D eigenvalue weighted by molar-refractivity contribution is -0.167. The fourth-order valence-corrected chi connectivity index (χ4v) is 10.5. The van der Waals surface area contributed by atoms with Crippen LogP contribution in [0.4, 0.5) is 0 Å². The van der Waals surface area contributed by atoms with E-state index in [1.807, 2.05) is 0 Å². The summed E-state index contributed by atoms with van der Waals surface area (Å²) in [5.74, 6) is -0.840. The van der Waals surface area contributed by atoms with E-state index >= 15 is 0 Å². The second-order valence-electron chi connectivity index (χ2n) is 23.8. The molecule has 0 aliphatic heterocycles. The molecule has 80 heavy (non-hydrogen) atoms. The van der Waals surface area contributed by atoms with Crippen LogP contribution in [0.1, 0.15) is 374 Å². The summed E-state index contributed by atoms with van der Waals surface area (Å²) in [5.41, 5.74) is 0. The van der Waals surface area contributed by atoms with Gasteiger partial charge in [0.05, 0.1) is 0 Å². The minimum absolute atomic E-state index is 0.0662. The van der Waals surface area contributed by atoms with Crippen molar-refractivity contribution in [3.05, 3.63) is 60.8 Å². The average molecular weight is 1120 g/mol. The Morgan fingerprint density at radius 2 is 0.487 bits per heavy atom. The molecule has 466 valence electrons. The topological polar surface area (TPSA) is 78.9 Å². The van der Waals surface area contributed by atoms with Gasteiger partial charge in [-0.3, -0.25) is 14.4 Å². The van der Waals surface area contributed by atoms with E-state index in [-0.39, 0.29) is 31.1 Å². The van der Waals surface area contributed by atoms with Gasteiger partial charge in [0, 0.05) is 19.3 Å². The summed E-state index contributed by atoms with van der Waals surface area (Å²) in [5, 5.41) is 0. The minimum Gasteiger partial charge on any atom is -0.462 e. The molecule has 0 aliphatic rings. The number of esters is 3. The van der Waals surface area contributed by atoms with Gasteiger partial charge in [0.15, 0.2) is 6.10 Å². The first-order chi connectivity index (χ1) is 39.5. The predicted molar refractivity (Wildman–Crippen MR) is 348 cm³/mol. The van der Waals surface area contributed by atoms with Crippen molar-refractivity contribution >= 4 is 17.9 Å². The van der Waals surface area contributed by atoms with E-state index < -0.39 is 6.10 Å². The molecule has 1 atom stereocenters. The zero-order chi connectivity index (χ0) is 57.8. The number of hydrogen-bond donors (Lipinski definition) is 0. The summed E-state index contributed by atoms with van der Waals surface area (Å²) < 4.78 is 17.0. The standard InChI is InChI=1S/C74H134O6/c1-4-7-10-13-16-19-22-24-26-28-30-31-32-33-34-35-36-37-38-39-40-41-42-43-44-46-47-49-52-55-58-61-64-67-73(76)79-70-71(69-78-72(75)66-63-60-57-54-51-21-18-15-12-9-6-3)80-74(77)68-65-62-59-56-53-50-48-45-29-27-25-23-20-17-14-11-8-5-2/h7,10,16,19,24,26,30-31,33-34,71H,4-6,8-9,11-15,17-18,20-23,25,27-29,32,35-70H2,1-3H3/b10-7-,19-16-,26-24-,31-30-,34-33-. The molecule has 0 N–H and O–H groups in total. The first-order valence-corrected chi connectivity index (χ1v) is 35.3. The van der Waals surface area contributed by atoms with Crippen molar-refractivity contribution < 1.29 is 28.6 Å². The molecular weight excluding hydrogens is 985 g/mol. The molecule has 0 aromatic carbocycles. The van der Waals surface area contributed by atoms with Crippen LogP contribution in [0.15, 0.2) is 60.8 Å². The fourth-order valence-electron chi connectivity index (χ4n) is 10.5. The highest BCUT2D eigenvalue weighted by Gasteiger charge is 2.19. The third kappa shape index (κ3) is 65.9. The molecule has 6 nitrogen and oxygen atoms in total. The first kappa shape index (κ1) is 77.1. The fraction of sp³-hybridized carbons (Fsp3) is 0.824. The van der Waals surface area contributed by atoms with Gasteiger partial charge in [0.25, 0.3) is 0 Å². The summed E-state index contributed by atoms with van der Waals surface area (Å²) >= 11 is 0. The molecule has 0 saturated heterocycles. The summed E-state index contributed by atoms with van der Waals surface area (Å²) in [7, 11) is 0. The van der Waals surface area contributed by atoms with Crippen LogP contribution >= 0.6 is 0 Å². The van der Waals surface area contributed by atoms with Crippen molar-refractivity contribution in [2.24, 2.45) is 0 Å². The van der Waals surface area contributed by atoms with Gasteiger partial charge < -0.3 is 14.2 Å². The van der Waals surface area contributed by atoms with Crippen LogP contribution in [-0.4, -0.2) is 37.2 Å². The Morgan fingerprint density at radius 3 is 0.762 bits per heavy atom. The van der Waals surface area contributed by atoms with Crippen LogP contribution in [-0.2, 0) is 28.6 Å². The zero-order valence-corrected chi connectivity index (χ0v) is 53.6. The maximum Gasteiger partial charge on any atom is 0.306 e. The Morgan fingerprint density at radius 1 is 0.263 bits per heavy atom. The van der Waals surface area contributed by atoms with Crippen LogP contribution in [0.3, 0.4) is 0 Å². The third-order valence-electron chi connectivity index (χ3n) is 15.8. The molecule has 0 amide bonds. The molecule has 0 aromatic rings. The van der Waals surface area contributed by atoms with Crippen molar-refractivity contribution in [1.82, 2.24) is 0 Å². The van der Waals surface area contributed by atoms with Gasteiger partial charge in [-0.25, -0.2) is 0 Å². The number of rotatable bonds is 65. The third-order valence-corrected chi connectivity index (χ3v) is 15.8. The Hall–Kier alpha value is -2.89. The molecule has 0 radical (unpaired) electrons. The summed E-state index contributed by atoms with van der Waals surface area (Å²) in [6.07, 6.45) is 88.3. The van der Waals surface area contributed by atoms with Gasteiger partial charge >= 0.3 is 17.9 Å². The maximum absolute atomic E-state index is 12.9. The average Bonchev–Trinajstić information content (AvgIpc) is 3.46. The van der Waals surface area contributed by atoms with E-state index in [1.54, 1.807) is 0 Å². The summed E-state index contributed by atoms with van der Waals surface area (Å²) in [4.78, 5) is 38.3. The smallest absolute Gasteiger partial charge is 0.306 e. The Labute approximate surface area is 498 Å². The molecule has 0 heterocycles. The van der Waals surface area contributed by atoms with Gasteiger partial charge in [0.2, 0.25) is 0 Å². The van der Waals surface area contributed by atoms with Crippen LogP contribution in [0.5, 0.6) is 0 Å². The van der Waals surface area contributed by atoms with Gasteiger partial charge in [-0.05, 0) is 64.2 Å². The van der Waals surface area contributed by atoms with Crippen molar-refractivity contribution in [2.75, 3.05) is 13.2 Å². The van der Waals surface area contributed by atoms with Crippen LogP contribution in [0, 0.1) is 0 Å². The normalized spacial score (nSPS) is 12.4. The molecule has 1 unspecified atom stereocenters. The molecule has 0 fully saturated rings. The molecule has 0 bridgehead atoms. The molecule has 0 aliphatic carbocycles. The number of carbonyl (C=O) groups is 3. The van der Waals surface area contributed by atoms with E-state index in [1.165, 1.54) is 244 Å². The number of unbranched alkanes of at least 4 members (excludes halogenated alkanes) is 44. The summed E-state index contributed by atoms with van der Waals surface area (Å²) in [6, 6.07) is 0. The lowest BCUT2D eigenvalue weighted by Gasteiger charge is -2.18. The largest absolute Gasteiger partial charge is 0.462 e. The maximum atomic E-state index is 12.9. The van der Waals surface area contributed by atoms with Gasteiger partial charge in [-0.15, -0.1) is 0 Å². The molecule has 0 spiro atoms.